The molecule has 0 aliphatic carbocycles. The van der Waals surface area contributed by atoms with Gasteiger partial charge >= 0.3 is 5.97 Å². The largest absolute Gasteiger partial charge is 0.455 e. The number of aryl methyl sites for hydroxylation is 2. The fraction of sp³-hybridized carbons (Fsp3) is 0.364. The van der Waals surface area contributed by atoms with Gasteiger partial charge in [-0.05, 0) is 67.1 Å². The second-order valence-electron chi connectivity index (χ2n) is 6.67. The van der Waals surface area contributed by atoms with Gasteiger partial charge in [-0.15, -0.1) is 11.8 Å². The standard InChI is InChI=1S/C22H27NO3S/c1-5-15(2)18-7-9-19(10-8-18)23-21(24)13-26-22(25)14-27-20-11-6-16(3)17(4)12-20/h6-12,15H,5,13-14H2,1-4H3,(H,23,24)/t15-/m0/s1. The molecule has 5 heteroatoms. The van der Waals surface area contributed by atoms with E-state index >= 15 is 0 Å². The van der Waals surface area contributed by atoms with Gasteiger partial charge in [0.05, 0.1) is 5.75 Å². The van der Waals surface area contributed by atoms with Crippen molar-refractivity contribution in [2.75, 3.05) is 17.7 Å². The molecule has 2 rings (SSSR count). The molecule has 2 aromatic rings. The van der Waals surface area contributed by atoms with E-state index in [2.05, 4.69) is 26.1 Å². The van der Waals surface area contributed by atoms with Gasteiger partial charge in [0.1, 0.15) is 0 Å². The number of nitrogens with one attached hydrogen (secondary N) is 1. The Morgan fingerprint density at radius 1 is 1.07 bits per heavy atom. The molecule has 0 aliphatic heterocycles. The SMILES string of the molecule is CC[C@H](C)c1ccc(NC(=O)COC(=O)CSc2ccc(C)c(C)c2)cc1. The third kappa shape index (κ3) is 6.75. The summed E-state index contributed by atoms with van der Waals surface area (Å²) in [5, 5.41) is 2.75. The highest BCUT2D eigenvalue weighted by molar-refractivity contribution is 8.00. The zero-order chi connectivity index (χ0) is 19.8. The van der Waals surface area contributed by atoms with Gasteiger partial charge in [0, 0.05) is 10.6 Å². The summed E-state index contributed by atoms with van der Waals surface area (Å²) in [5.74, 6) is -0.0684. The van der Waals surface area contributed by atoms with Crippen molar-refractivity contribution in [3.8, 4) is 0 Å². The van der Waals surface area contributed by atoms with E-state index in [1.165, 1.54) is 28.5 Å². The van der Waals surface area contributed by atoms with Crippen molar-refractivity contribution in [2.24, 2.45) is 0 Å². The Kier molecular flexibility index (Phi) is 7.92. The Hall–Kier alpha value is -2.27. The van der Waals surface area contributed by atoms with Crippen LogP contribution in [0.1, 0.15) is 42.9 Å². The first kappa shape index (κ1) is 21.0. The Labute approximate surface area is 165 Å². The van der Waals surface area contributed by atoms with Gasteiger partial charge in [-0.25, -0.2) is 0 Å². The fourth-order valence-electron chi connectivity index (χ4n) is 2.46. The van der Waals surface area contributed by atoms with Crippen molar-refractivity contribution in [3.63, 3.8) is 0 Å². The normalized spacial score (nSPS) is 11.7. The predicted molar refractivity (Wildman–Crippen MR) is 111 cm³/mol. The lowest BCUT2D eigenvalue weighted by atomic mass is 9.99. The second-order valence-corrected chi connectivity index (χ2v) is 7.72. The van der Waals surface area contributed by atoms with Crippen LogP contribution in [0.3, 0.4) is 0 Å². The Morgan fingerprint density at radius 3 is 2.41 bits per heavy atom. The molecule has 1 N–H and O–H groups in total. The average Bonchev–Trinajstić information content (AvgIpc) is 2.67. The molecule has 1 amide bonds. The maximum Gasteiger partial charge on any atom is 0.316 e. The number of thioether (sulfide) groups is 1. The number of carbonyl (C=O) groups excluding carboxylic acids is 2. The van der Waals surface area contributed by atoms with Crippen molar-refractivity contribution in [2.45, 2.75) is 44.9 Å². The Bertz CT molecular complexity index is 787. The van der Waals surface area contributed by atoms with Crippen LogP contribution in [0.25, 0.3) is 0 Å². The molecular weight excluding hydrogens is 358 g/mol. The Morgan fingerprint density at radius 2 is 1.78 bits per heavy atom. The van der Waals surface area contributed by atoms with Crippen molar-refractivity contribution in [1.82, 2.24) is 0 Å². The molecule has 4 nitrogen and oxygen atoms in total. The number of carbonyl (C=O) groups is 2. The first-order valence-corrected chi connectivity index (χ1v) is 10.1. The van der Waals surface area contributed by atoms with Crippen LogP contribution in [0.5, 0.6) is 0 Å². The van der Waals surface area contributed by atoms with Crippen molar-refractivity contribution in [3.05, 3.63) is 59.2 Å². The minimum atomic E-state index is -0.402. The molecule has 144 valence electrons. The zero-order valence-electron chi connectivity index (χ0n) is 16.4. The third-order valence-corrected chi connectivity index (χ3v) is 5.54. The van der Waals surface area contributed by atoms with E-state index in [-0.39, 0.29) is 18.3 Å². The molecule has 1 atom stereocenters. The van der Waals surface area contributed by atoms with Gasteiger partial charge in [-0.1, -0.05) is 32.0 Å². The van der Waals surface area contributed by atoms with E-state index in [1.54, 1.807) is 0 Å². The molecule has 0 bridgehead atoms. The van der Waals surface area contributed by atoms with Gasteiger partial charge in [0.2, 0.25) is 0 Å². The van der Waals surface area contributed by atoms with Crippen LogP contribution < -0.4 is 5.32 Å². The molecule has 0 aliphatic rings. The van der Waals surface area contributed by atoms with E-state index in [4.69, 9.17) is 4.74 Å². The maximum absolute atomic E-state index is 12.0. The highest BCUT2D eigenvalue weighted by Gasteiger charge is 2.10. The number of ether oxygens (including phenoxy) is 1. The lowest BCUT2D eigenvalue weighted by molar-refractivity contribution is -0.144. The van der Waals surface area contributed by atoms with Crippen LogP contribution in [-0.2, 0) is 14.3 Å². The highest BCUT2D eigenvalue weighted by Crippen LogP contribution is 2.22. The quantitative estimate of drug-likeness (QED) is 0.508. The maximum atomic E-state index is 12.0. The molecule has 0 fully saturated rings. The average molecular weight is 386 g/mol. The summed E-state index contributed by atoms with van der Waals surface area (Å²) < 4.78 is 5.06. The van der Waals surface area contributed by atoms with Crippen LogP contribution in [0, 0.1) is 13.8 Å². The summed E-state index contributed by atoms with van der Waals surface area (Å²) >= 11 is 1.41. The predicted octanol–water partition coefficient (Wildman–Crippen LogP) is 5.09. The van der Waals surface area contributed by atoms with Crippen LogP contribution in [0.15, 0.2) is 47.4 Å². The van der Waals surface area contributed by atoms with Gasteiger partial charge < -0.3 is 10.1 Å². The third-order valence-electron chi connectivity index (χ3n) is 4.58. The molecule has 0 spiro atoms. The minimum Gasteiger partial charge on any atom is -0.455 e. The molecule has 0 saturated carbocycles. The van der Waals surface area contributed by atoms with Crippen LogP contribution in [-0.4, -0.2) is 24.2 Å². The van der Waals surface area contributed by atoms with Crippen molar-refractivity contribution < 1.29 is 14.3 Å². The number of benzene rings is 2. The summed E-state index contributed by atoms with van der Waals surface area (Å²) in [6.07, 6.45) is 1.07. The van der Waals surface area contributed by atoms with Crippen molar-refractivity contribution >= 4 is 29.3 Å². The first-order chi connectivity index (χ1) is 12.9. The van der Waals surface area contributed by atoms with Crippen LogP contribution in [0.2, 0.25) is 0 Å². The zero-order valence-corrected chi connectivity index (χ0v) is 17.2. The molecule has 27 heavy (non-hydrogen) atoms. The number of esters is 1. The summed E-state index contributed by atoms with van der Waals surface area (Å²) in [6.45, 7) is 8.13. The smallest absolute Gasteiger partial charge is 0.316 e. The van der Waals surface area contributed by atoms with E-state index < -0.39 is 5.97 Å². The van der Waals surface area contributed by atoms with Gasteiger partial charge in [-0.3, -0.25) is 9.59 Å². The van der Waals surface area contributed by atoms with Gasteiger partial charge in [-0.2, -0.15) is 0 Å². The number of hydrogen-bond donors (Lipinski definition) is 1. The number of hydrogen-bond acceptors (Lipinski definition) is 4. The molecule has 2 aromatic carbocycles. The van der Waals surface area contributed by atoms with E-state index in [0.717, 1.165) is 11.3 Å². The number of rotatable bonds is 8. The lowest BCUT2D eigenvalue weighted by Crippen LogP contribution is -2.21. The molecule has 0 aromatic heterocycles. The fourth-order valence-corrected chi connectivity index (χ4v) is 3.25. The van der Waals surface area contributed by atoms with E-state index in [9.17, 15) is 9.59 Å². The van der Waals surface area contributed by atoms with Crippen LogP contribution in [0.4, 0.5) is 5.69 Å². The van der Waals surface area contributed by atoms with E-state index in [1.807, 2.05) is 49.4 Å². The van der Waals surface area contributed by atoms with Gasteiger partial charge in [0.25, 0.3) is 5.91 Å². The van der Waals surface area contributed by atoms with E-state index in [0.29, 0.717) is 11.6 Å². The summed E-state index contributed by atoms with van der Waals surface area (Å²) in [5.41, 5.74) is 4.35. The summed E-state index contributed by atoms with van der Waals surface area (Å²) in [7, 11) is 0. The highest BCUT2D eigenvalue weighted by atomic mass is 32.2. The molecule has 0 saturated heterocycles. The first-order valence-electron chi connectivity index (χ1n) is 9.14. The topological polar surface area (TPSA) is 55.4 Å². The number of amides is 1. The molecule has 0 heterocycles. The van der Waals surface area contributed by atoms with Crippen LogP contribution >= 0.6 is 11.8 Å². The number of anilines is 1. The molecule has 0 unspecified atom stereocenters. The van der Waals surface area contributed by atoms with Crippen molar-refractivity contribution in [1.29, 1.82) is 0 Å². The molecule has 0 radical (unpaired) electrons. The monoisotopic (exact) mass is 385 g/mol. The minimum absolute atomic E-state index is 0.180. The lowest BCUT2D eigenvalue weighted by Gasteiger charge is -2.11. The Balaban J connectivity index is 1.74. The second kappa shape index (κ2) is 10.2. The van der Waals surface area contributed by atoms with Gasteiger partial charge in [0.15, 0.2) is 6.61 Å². The summed E-state index contributed by atoms with van der Waals surface area (Å²) in [6, 6.07) is 13.8. The molecular formula is C22H27NO3S. The summed E-state index contributed by atoms with van der Waals surface area (Å²) in [4.78, 5) is 24.8.